The molecule has 0 saturated carbocycles. The molecule has 12 aromatic rings. The predicted octanol–water partition coefficient (Wildman–Crippen LogP) is 14.0. The quantitative estimate of drug-likeness (QED) is 0.0582. The number of nitrogens with two attached hydrogens (primary N) is 1. The third kappa shape index (κ3) is 13.7. The van der Waals surface area contributed by atoms with Gasteiger partial charge in [0.05, 0.1) is 58.3 Å². The fourth-order valence-electron chi connectivity index (χ4n) is 7.35. The molecule has 0 fully saturated rings. The zero-order valence-electron chi connectivity index (χ0n) is 41.8. The summed E-state index contributed by atoms with van der Waals surface area (Å²) in [7, 11) is -3.72. The Morgan fingerprint density at radius 1 is 0.562 bits per heavy atom. The van der Waals surface area contributed by atoms with E-state index in [9.17, 15) is 22.9 Å². The number of nitro benzene ring substituents is 1. The second kappa shape index (κ2) is 24.5. The van der Waals surface area contributed by atoms with E-state index < -0.39 is 14.9 Å². The highest BCUT2D eigenvalue weighted by atomic mass is 32.2. The second-order valence-corrected chi connectivity index (χ2v) is 22.2. The van der Waals surface area contributed by atoms with Gasteiger partial charge in [0, 0.05) is 53.3 Å². The molecule has 25 heteroatoms. The highest BCUT2D eigenvalue weighted by Gasteiger charge is 2.17. The molecule has 0 radical (unpaired) electrons. The van der Waals surface area contributed by atoms with Crippen LogP contribution in [0, 0.1) is 29.8 Å². The molecule has 8 aromatic heterocycles. The van der Waals surface area contributed by atoms with Crippen molar-refractivity contribution in [1.82, 2.24) is 44.9 Å². The number of anilines is 6. The highest BCUT2D eigenvalue weighted by Crippen LogP contribution is 2.38. The molecule has 0 aliphatic carbocycles. The molecule has 12 rings (SSSR count). The van der Waals surface area contributed by atoms with Gasteiger partial charge in [-0.1, -0.05) is 30.3 Å². The van der Waals surface area contributed by atoms with Crippen LogP contribution in [0.5, 0.6) is 0 Å². The first-order valence-electron chi connectivity index (χ1n) is 23.8. The predicted molar refractivity (Wildman–Crippen MR) is 313 cm³/mol. The van der Waals surface area contributed by atoms with E-state index in [4.69, 9.17) is 9.56 Å². The standard InChI is InChI=1S/C19H13N5O3.C18H13FN4S2.C18H15N5O2S3/c25-24(26)15-8-6-14(7-9-15)22-19-20-11-10-16(23-19)17-12-21-18(27-17)13-4-2-1-3-5-13;1-11-16(25-17(21-11)15-3-2-10-24-15)14-8-9-20-18(23-14)22-13-6-4-12(19)5-7-13;1-11-16(27-17(21-11)15-3-2-10-26-15)14-8-9-20-18(23-14)22-12-4-6-13(7-5-12)28(19,24)25/h1-12H,(H,20,22,23);2-10H,1H3,(H,20,22,23);2-10H,1H3,(H2,19,24,25)(H,20,22,23). The Bertz CT molecular complexity index is 4150. The van der Waals surface area contributed by atoms with E-state index in [-0.39, 0.29) is 16.4 Å². The molecule has 0 bridgehead atoms. The first-order chi connectivity index (χ1) is 38.8. The summed E-state index contributed by atoms with van der Waals surface area (Å²) in [6.07, 6.45) is 6.59. The first kappa shape index (κ1) is 54.0. The summed E-state index contributed by atoms with van der Waals surface area (Å²) in [4.78, 5) is 54.4. The average molecular weight is 1160 g/mol. The smallest absolute Gasteiger partial charge is 0.269 e. The number of aryl methyl sites for hydroxylation is 2. The number of oxazole rings is 1. The normalized spacial score (nSPS) is 10.9. The van der Waals surface area contributed by atoms with Crippen molar-refractivity contribution in [2.75, 3.05) is 16.0 Å². The summed E-state index contributed by atoms with van der Waals surface area (Å²) in [6.45, 7) is 3.95. The summed E-state index contributed by atoms with van der Waals surface area (Å²) in [5.74, 6) is 1.97. The minimum Gasteiger partial charge on any atom is -0.434 e. The van der Waals surface area contributed by atoms with Crippen LogP contribution in [0.3, 0.4) is 0 Å². The van der Waals surface area contributed by atoms with Crippen LogP contribution in [0.25, 0.3) is 63.8 Å². The Labute approximate surface area is 472 Å². The lowest BCUT2D eigenvalue weighted by atomic mass is 10.2. The third-order valence-electron chi connectivity index (χ3n) is 11.1. The summed E-state index contributed by atoms with van der Waals surface area (Å²) in [5, 5.41) is 31.0. The molecule has 80 heavy (non-hydrogen) atoms. The number of thiophene rings is 2. The van der Waals surface area contributed by atoms with Crippen LogP contribution in [0.2, 0.25) is 0 Å². The molecule has 398 valence electrons. The van der Waals surface area contributed by atoms with E-state index in [1.165, 1.54) is 36.4 Å². The number of nitro groups is 1. The molecular formula is C55H41FN14O5S5. The molecule has 4 aromatic carbocycles. The molecule has 0 atom stereocenters. The van der Waals surface area contributed by atoms with Crippen molar-refractivity contribution in [2.45, 2.75) is 18.7 Å². The van der Waals surface area contributed by atoms with Gasteiger partial charge in [-0.3, -0.25) is 10.1 Å². The van der Waals surface area contributed by atoms with Crippen molar-refractivity contribution in [3.63, 3.8) is 0 Å². The maximum atomic E-state index is 13.0. The molecule has 0 amide bonds. The number of non-ortho nitro benzene ring substituents is 1. The molecule has 0 aliphatic heterocycles. The average Bonchev–Trinajstić information content (AvgIpc) is 4.35. The summed E-state index contributed by atoms with van der Waals surface area (Å²) < 4.78 is 41.5. The third-order valence-corrected chi connectivity index (χ3v) is 16.5. The number of nitrogens with one attached hydrogen (secondary N) is 3. The monoisotopic (exact) mass is 1160 g/mol. The minimum absolute atomic E-state index is 0.0188. The van der Waals surface area contributed by atoms with Crippen LogP contribution in [0.1, 0.15) is 11.4 Å². The molecular weight excluding hydrogens is 1120 g/mol. The second-order valence-electron chi connectivity index (χ2n) is 16.8. The number of primary sulfonamides is 1. The SMILES string of the molecule is Cc1nc(-c2cccs2)sc1-c1ccnc(Nc2ccc(F)cc2)n1.Cc1nc(-c2cccs2)sc1-c1ccnc(Nc2ccc(S(N)(=O)=O)cc2)n1.O=[N+]([O-])c1ccc(Nc2nccc(-c3cnc(-c4ccccc4)o3)n2)cc1. The zero-order valence-corrected chi connectivity index (χ0v) is 45.9. The number of nitrogens with zero attached hydrogens (tertiary/aromatic N) is 10. The summed E-state index contributed by atoms with van der Waals surface area (Å²) in [6, 6.07) is 41.3. The topological polar surface area (TPSA) is 269 Å². The van der Waals surface area contributed by atoms with Gasteiger partial charge < -0.3 is 20.4 Å². The van der Waals surface area contributed by atoms with Crippen molar-refractivity contribution in [3.8, 4) is 63.8 Å². The van der Waals surface area contributed by atoms with Gasteiger partial charge in [-0.15, -0.1) is 45.3 Å². The number of benzene rings is 4. The maximum Gasteiger partial charge on any atom is 0.269 e. The van der Waals surface area contributed by atoms with Crippen molar-refractivity contribution < 1.29 is 22.1 Å². The lowest BCUT2D eigenvalue weighted by molar-refractivity contribution is -0.384. The van der Waals surface area contributed by atoms with E-state index in [1.54, 1.807) is 113 Å². The molecule has 0 unspecified atom stereocenters. The van der Waals surface area contributed by atoms with Crippen LogP contribution in [0.4, 0.5) is 45.0 Å². The molecule has 0 aliphatic rings. The fraction of sp³-hybridized carbons (Fsp3) is 0.0364. The summed E-state index contributed by atoms with van der Waals surface area (Å²) >= 11 is 6.53. The summed E-state index contributed by atoms with van der Waals surface area (Å²) in [5.41, 5.74) is 6.95. The number of thiazole rings is 2. The molecule has 0 spiro atoms. The minimum atomic E-state index is -3.72. The Morgan fingerprint density at radius 2 is 1.02 bits per heavy atom. The lowest BCUT2D eigenvalue weighted by Crippen LogP contribution is -2.11. The largest absolute Gasteiger partial charge is 0.434 e. The van der Waals surface area contributed by atoms with Crippen molar-refractivity contribution in [1.29, 1.82) is 0 Å². The van der Waals surface area contributed by atoms with E-state index in [2.05, 4.69) is 66.9 Å². The van der Waals surface area contributed by atoms with Gasteiger partial charge >= 0.3 is 0 Å². The van der Waals surface area contributed by atoms with Crippen molar-refractivity contribution >= 4 is 96.0 Å². The van der Waals surface area contributed by atoms with Crippen LogP contribution in [-0.4, -0.2) is 58.2 Å². The van der Waals surface area contributed by atoms with E-state index >= 15 is 0 Å². The Balaban J connectivity index is 0.000000135. The highest BCUT2D eigenvalue weighted by molar-refractivity contribution is 7.89. The van der Waals surface area contributed by atoms with Crippen molar-refractivity contribution in [3.05, 3.63) is 208 Å². The van der Waals surface area contributed by atoms with E-state index in [0.29, 0.717) is 46.6 Å². The number of hydrogen-bond acceptors (Lipinski definition) is 21. The lowest BCUT2D eigenvalue weighted by Gasteiger charge is -2.07. The molecule has 19 nitrogen and oxygen atoms in total. The number of rotatable bonds is 14. The van der Waals surface area contributed by atoms with Gasteiger partial charge in [0.1, 0.15) is 21.5 Å². The number of aromatic nitrogens is 9. The van der Waals surface area contributed by atoms with Gasteiger partial charge in [0.25, 0.3) is 5.69 Å². The number of sulfonamides is 1. The van der Waals surface area contributed by atoms with Gasteiger partial charge in [0.15, 0.2) is 5.76 Å². The first-order valence-corrected chi connectivity index (χ1v) is 28.7. The van der Waals surface area contributed by atoms with E-state index in [1.807, 2.05) is 85.3 Å². The number of hydrogen-bond donors (Lipinski definition) is 4. The fourth-order valence-corrected chi connectivity index (χ4v) is 11.5. The molecule has 5 N–H and O–H groups in total. The van der Waals surface area contributed by atoms with Crippen LogP contribution in [-0.2, 0) is 10.0 Å². The van der Waals surface area contributed by atoms with Gasteiger partial charge in [-0.25, -0.2) is 62.8 Å². The van der Waals surface area contributed by atoms with Gasteiger partial charge in [0.2, 0.25) is 33.8 Å². The molecule has 0 saturated heterocycles. The van der Waals surface area contributed by atoms with Crippen molar-refractivity contribution in [2.24, 2.45) is 5.14 Å². The molecule has 8 heterocycles. The zero-order chi connectivity index (χ0) is 55.6. The maximum absolute atomic E-state index is 13.0. The van der Waals surface area contributed by atoms with Gasteiger partial charge in [-0.05, 0) is 128 Å². The Morgan fingerprint density at radius 3 is 1.49 bits per heavy atom. The van der Waals surface area contributed by atoms with Crippen LogP contribution >= 0.6 is 45.3 Å². The van der Waals surface area contributed by atoms with Crippen LogP contribution in [0.15, 0.2) is 190 Å². The van der Waals surface area contributed by atoms with Gasteiger partial charge in [-0.2, -0.15) is 0 Å². The van der Waals surface area contributed by atoms with E-state index in [0.717, 1.165) is 63.6 Å². The van der Waals surface area contributed by atoms with Crippen LogP contribution < -0.4 is 21.1 Å². The Hall–Kier alpha value is -9.37. The Kier molecular flexibility index (Phi) is 16.6. The number of halogens is 1.